The topological polar surface area (TPSA) is 127 Å². The van der Waals surface area contributed by atoms with Gasteiger partial charge in [-0.15, -0.1) is 10.2 Å². The average Bonchev–Trinajstić information content (AvgIpc) is 3.02. The van der Waals surface area contributed by atoms with Crippen LogP contribution in [0, 0.1) is 10.1 Å². The van der Waals surface area contributed by atoms with Crippen LogP contribution in [-0.4, -0.2) is 48.6 Å². The lowest BCUT2D eigenvalue weighted by molar-refractivity contribution is -0.385. The molecule has 2 aromatic rings. The van der Waals surface area contributed by atoms with E-state index in [1.54, 1.807) is 0 Å². The van der Waals surface area contributed by atoms with Gasteiger partial charge >= 0.3 is 5.69 Å². The van der Waals surface area contributed by atoms with Crippen molar-refractivity contribution in [2.75, 3.05) is 18.0 Å². The summed E-state index contributed by atoms with van der Waals surface area (Å²) in [6, 6.07) is 0. The van der Waals surface area contributed by atoms with Crippen LogP contribution in [0.25, 0.3) is 0 Å². The Balaban J connectivity index is 1.75. The van der Waals surface area contributed by atoms with Crippen molar-refractivity contribution >= 4 is 11.6 Å². The zero-order valence-electron chi connectivity index (χ0n) is 10.5. The molecule has 10 nitrogen and oxygen atoms in total. The highest BCUT2D eigenvalue weighted by atomic mass is 16.6. The van der Waals surface area contributed by atoms with E-state index in [1.165, 1.54) is 12.4 Å². The Morgan fingerprint density at radius 1 is 1.40 bits per heavy atom. The maximum atomic E-state index is 10.6. The third-order valence-corrected chi connectivity index (χ3v) is 3.27. The van der Waals surface area contributed by atoms with Crippen molar-refractivity contribution in [2.45, 2.75) is 18.8 Å². The summed E-state index contributed by atoms with van der Waals surface area (Å²) in [5.74, 6) is 1.33. The van der Waals surface area contributed by atoms with Gasteiger partial charge in [-0.1, -0.05) is 5.21 Å². The number of nitro groups is 1. The molecule has 0 spiro atoms. The number of anilines is 1. The molecule has 0 amide bonds. The van der Waals surface area contributed by atoms with Gasteiger partial charge in [0.15, 0.2) is 5.82 Å². The Kier molecular flexibility index (Phi) is 3.19. The lowest BCUT2D eigenvalue weighted by atomic mass is 9.98. The number of aromatic amines is 1. The molecule has 1 atom stereocenters. The Morgan fingerprint density at radius 3 is 2.85 bits per heavy atom. The van der Waals surface area contributed by atoms with Crippen LogP contribution in [0.2, 0.25) is 0 Å². The van der Waals surface area contributed by atoms with Gasteiger partial charge in [0.25, 0.3) is 0 Å². The number of aromatic nitrogens is 6. The van der Waals surface area contributed by atoms with Crippen LogP contribution >= 0.6 is 0 Å². The van der Waals surface area contributed by atoms with Gasteiger partial charge in [-0.05, 0) is 12.8 Å². The van der Waals surface area contributed by atoms with E-state index in [4.69, 9.17) is 0 Å². The largest absolute Gasteiger partial charge is 0.340 e. The molecule has 3 heterocycles. The fourth-order valence-corrected chi connectivity index (χ4v) is 2.28. The highest BCUT2D eigenvalue weighted by molar-refractivity contribution is 5.35. The van der Waals surface area contributed by atoms with Crippen LogP contribution in [0.15, 0.2) is 12.4 Å². The number of nitrogens with zero attached hydrogens (tertiary/aromatic N) is 7. The number of H-pyrrole nitrogens is 1. The van der Waals surface area contributed by atoms with Crippen molar-refractivity contribution in [3.8, 4) is 0 Å². The Bertz CT molecular complexity index is 584. The summed E-state index contributed by atoms with van der Waals surface area (Å²) in [6.07, 6.45) is 4.38. The zero-order chi connectivity index (χ0) is 13.9. The molecule has 1 N–H and O–H groups in total. The van der Waals surface area contributed by atoms with E-state index < -0.39 is 4.92 Å². The maximum Gasteiger partial charge on any atom is 0.305 e. The van der Waals surface area contributed by atoms with Crippen molar-refractivity contribution in [1.29, 1.82) is 0 Å². The van der Waals surface area contributed by atoms with E-state index in [9.17, 15) is 10.1 Å². The highest BCUT2D eigenvalue weighted by Gasteiger charge is 2.26. The predicted molar refractivity (Wildman–Crippen MR) is 67.1 cm³/mol. The summed E-state index contributed by atoms with van der Waals surface area (Å²) in [5.41, 5.74) is -0.111. The summed E-state index contributed by atoms with van der Waals surface area (Å²) in [7, 11) is 0. The van der Waals surface area contributed by atoms with Crippen LogP contribution in [0.1, 0.15) is 24.6 Å². The molecule has 0 saturated carbocycles. The molecule has 0 unspecified atom stereocenters. The van der Waals surface area contributed by atoms with Gasteiger partial charge in [-0.3, -0.25) is 10.1 Å². The molecule has 0 aliphatic carbocycles. The summed E-state index contributed by atoms with van der Waals surface area (Å²) in [4.78, 5) is 20.1. The molecule has 3 rings (SSSR count). The minimum Gasteiger partial charge on any atom is -0.340 e. The number of piperidine rings is 1. The van der Waals surface area contributed by atoms with E-state index in [2.05, 4.69) is 30.6 Å². The van der Waals surface area contributed by atoms with Crippen LogP contribution < -0.4 is 4.90 Å². The third kappa shape index (κ3) is 2.39. The summed E-state index contributed by atoms with van der Waals surface area (Å²) >= 11 is 0. The van der Waals surface area contributed by atoms with Gasteiger partial charge in [0.2, 0.25) is 5.95 Å². The van der Waals surface area contributed by atoms with Crippen molar-refractivity contribution < 1.29 is 4.92 Å². The molecule has 104 valence electrons. The Morgan fingerprint density at radius 2 is 2.20 bits per heavy atom. The number of tetrazole rings is 1. The molecule has 1 aliphatic rings. The first-order valence-corrected chi connectivity index (χ1v) is 6.19. The molecular formula is C10H12N8O2. The minimum atomic E-state index is -0.512. The minimum absolute atomic E-state index is 0.111. The maximum absolute atomic E-state index is 10.6. The van der Waals surface area contributed by atoms with Crippen molar-refractivity contribution in [3.05, 3.63) is 28.3 Å². The summed E-state index contributed by atoms with van der Waals surface area (Å²) in [5, 5.41) is 24.6. The molecule has 1 fully saturated rings. The first-order chi connectivity index (χ1) is 9.74. The van der Waals surface area contributed by atoms with Gasteiger partial charge in [-0.25, -0.2) is 9.97 Å². The molecule has 1 saturated heterocycles. The van der Waals surface area contributed by atoms with Gasteiger partial charge in [0.1, 0.15) is 12.4 Å². The first-order valence-electron chi connectivity index (χ1n) is 6.19. The molecule has 2 aromatic heterocycles. The normalized spacial score (nSPS) is 19.0. The fraction of sp³-hybridized carbons (Fsp3) is 0.500. The first kappa shape index (κ1) is 12.4. The fourth-order valence-electron chi connectivity index (χ4n) is 2.28. The highest BCUT2D eigenvalue weighted by Crippen LogP contribution is 2.26. The zero-order valence-corrected chi connectivity index (χ0v) is 10.5. The quantitative estimate of drug-likeness (QED) is 0.625. The van der Waals surface area contributed by atoms with Crippen LogP contribution in [0.4, 0.5) is 11.6 Å². The van der Waals surface area contributed by atoms with Crippen LogP contribution in [-0.2, 0) is 0 Å². The lowest BCUT2D eigenvalue weighted by Crippen LogP contribution is -2.35. The van der Waals surface area contributed by atoms with E-state index in [-0.39, 0.29) is 11.6 Å². The van der Waals surface area contributed by atoms with Gasteiger partial charge in [0.05, 0.1) is 4.92 Å². The van der Waals surface area contributed by atoms with Crippen LogP contribution in [0.5, 0.6) is 0 Å². The van der Waals surface area contributed by atoms with Gasteiger partial charge in [-0.2, -0.15) is 5.21 Å². The average molecular weight is 276 g/mol. The predicted octanol–water partition coefficient (Wildman–Crippen LogP) is 0.282. The monoisotopic (exact) mass is 276 g/mol. The Labute approximate surface area is 113 Å². The number of hydrogen-bond donors (Lipinski definition) is 1. The summed E-state index contributed by atoms with van der Waals surface area (Å²) in [6.45, 7) is 1.49. The van der Waals surface area contributed by atoms with Crippen LogP contribution in [0.3, 0.4) is 0 Å². The number of nitrogens with one attached hydrogen (secondary N) is 1. The molecule has 20 heavy (non-hydrogen) atoms. The third-order valence-electron chi connectivity index (χ3n) is 3.27. The molecule has 1 aliphatic heterocycles. The van der Waals surface area contributed by atoms with E-state index >= 15 is 0 Å². The molecule has 0 radical (unpaired) electrons. The molecular weight excluding hydrogens is 264 g/mol. The van der Waals surface area contributed by atoms with E-state index in [0.717, 1.165) is 19.4 Å². The second kappa shape index (κ2) is 5.15. The molecule has 0 aromatic carbocycles. The lowest BCUT2D eigenvalue weighted by Gasteiger charge is -2.30. The smallest absolute Gasteiger partial charge is 0.305 e. The van der Waals surface area contributed by atoms with Crippen molar-refractivity contribution in [2.24, 2.45) is 0 Å². The SMILES string of the molecule is O=[N+]([O-])c1cnc(N2CCC[C@H](c3nn[nH]n3)C2)nc1. The molecule has 0 bridgehead atoms. The van der Waals surface area contributed by atoms with E-state index in [1.807, 2.05) is 4.90 Å². The molecule has 10 heteroatoms. The second-order valence-corrected chi connectivity index (χ2v) is 4.55. The van der Waals surface area contributed by atoms with Gasteiger partial charge in [0, 0.05) is 19.0 Å². The second-order valence-electron chi connectivity index (χ2n) is 4.55. The Hall–Kier alpha value is -2.65. The van der Waals surface area contributed by atoms with E-state index in [0.29, 0.717) is 18.3 Å². The summed E-state index contributed by atoms with van der Waals surface area (Å²) < 4.78 is 0. The standard InChI is InChI=1S/C10H12N8O2/c19-18(20)8-4-11-10(12-5-8)17-3-1-2-7(6-17)9-13-15-16-14-9/h4-5,7H,1-3,6H2,(H,13,14,15,16)/t7-/m0/s1. The van der Waals surface area contributed by atoms with Crippen molar-refractivity contribution in [1.82, 2.24) is 30.6 Å². The number of rotatable bonds is 3. The van der Waals surface area contributed by atoms with Crippen molar-refractivity contribution in [3.63, 3.8) is 0 Å². The van der Waals surface area contributed by atoms with Gasteiger partial charge < -0.3 is 4.90 Å². The number of hydrogen-bond acceptors (Lipinski definition) is 8.